The Bertz CT molecular complexity index is 886. The number of aryl methyl sites for hydroxylation is 1. The van der Waals surface area contributed by atoms with Crippen LogP contribution in [0.5, 0.6) is 5.75 Å². The van der Waals surface area contributed by atoms with Gasteiger partial charge in [0.1, 0.15) is 22.6 Å². The van der Waals surface area contributed by atoms with Gasteiger partial charge in [0, 0.05) is 23.7 Å². The molecule has 1 aromatic heterocycles. The predicted octanol–water partition coefficient (Wildman–Crippen LogP) is 3.64. The molecule has 0 radical (unpaired) electrons. The second kappa shape index (κ2) is 8.12. The highest BCUT2D eigenvalue weighted by Crippen LogP contribution is 2.31. The molecule has 0 amide bonds. The number of thiazole rings is 1. The maximum absolute atomic E-state index is 14.6. The number of rotatable bonds is 6. The van der Waals surface area contributed by atoms with Gasteiger partial charge in [-0.05, 0) is 51.9 Å². The number of ether oxygens (including phenoxy) is 1. The highest BCUT2D eigenvalue weighted by Gasteiger charge is 2.30. The van der Waals surface area contributed by atoms with Crippen LogP contribution in [0.3, 0.4) is 0 Å². The van der Waals surface area contributed by atoms with Crippen molar-refractivity contribution in [3.63, 3.8) is 0 Å². The Morgan fingerprint density at radius 2 is 2.04 bits per heavy atom. The number of nitrogens with one attached hydrogen (secondary N) is 1. The van der Waals surface area contributed by atoms with Crippen molar-refractivity contribution < 1.29 is 17.5 Å². The normalized spacial score (nSPS) is 20.6. The summed E-state index contributed by atoms with van der Waals surface area (Å²) in [5.41, 5.74) is 0.582. The lowest BCUT2D eigenvalue weighted by molar-refractivity contribution is 0.0614. The first-order chi connectivity index (χ1) is 12.8. The van der Waals surface area contributed by atoms with Gasteiger partial charge in [-0.3, -0.25) is 4.72 Å². The van der Waals surface area contributed by atoms with Crippen LogP contribution in [-0.4, -0.2) is 44.5 Å². The van der Waals surface area contributed by atoms with E-state index in [1.54, 1.807) is 12.3 Å². The number of benzene rings is 1. The fourth-order valence-electron chi connectivity index (χ4n) is 3.38. The molecule has 1 aromatic carbocycles. The molecule has 0 spiro atoms. The molecule has 1 aliphatic carbocycles. The van der Waals surface area contributed by atoms with Crippen molar-refractivity contribution in [3.8, 4) is 5.75 Å². The predicted molar refractivity (Wildman–Crippen MR) is 104 cm³/mol. The molecule has 1 saturated carbocycles. The van der Waals surface area contributed by atoms with E-state index in [4.69, 9.17) is 4.74 Å². The molecule has 0 aliphatic heterocycles. The summed E-state index contributed by atoms with van der Waals surface area (Å²) in [6.45, 7) is 1.73. The molecule has 2 atom stereocenters. The zero-order valence-corrected chi connectivity index (χ0v) is 17.2. The zero-order chi connectivity index (χ0) is 19.6. The summed E-state index contributed by atoms with van der Waals surface area (Å²) in [5.74, 6) is -0.448. The van der Waals surface area contributed by atoms with Crippen molar-refractivity contribution in [2.45, 2.75) is 49.6 Å². The number of sulfonamides is 1. The second-order valence-electron chi connectivity index (χ2n) is 6.96. The Labute approximate surface area is 163 Å². The quantitative estimate of drug-likeness (QED) is 0.783. The third-order valence-electron chi connectivity index (χ3n) is 4.78. The standard InChI is InChI=1S/C18H24FN3O3S2/c1-12-10-17(27(23,24)21-18-20-8-9-26-18)13(19)11-16(12)25-15-7-5-4-6-14(15)22(2)3/h8-11,14-15H,4-7H2,1-3H3,(H,20,21)/t14-,15-/m1/s1. The van der Waals surface area contributed by atoms with Crippen LogP contribution in [0.1, 0.15) is 31.2 Å². The summed E-state index contributed by atoms with van der Waals surface area (Å²) in [7, 11) is -0.0241. The molecule has 9 heteroatoms. The average Bonchev–Trinajstić information content (AvgIpc) is 3.10. The Morgan fingerprint density at radius 1 is 1.30 bits per heavy atom. The molecule has 27 heavy (non-hydrogen) atoms. The molecule has 1 N–H and O–H groups in total. The minimum absolute atomic E-state index is 0.0391. The van der Waals surface area contributed by atoms with Gasteiger partial charge >= 0.3 is 0 Å². The van der Waals surface area contributed by atoms with E-state index >= 15 is 0 Å². The average molecular weight is 414 g/mol. The smallest absolute Gasteiger partial charge is 0.266 e. The molecule has 3 rings (SSSR count). The van der Waals surface area contributed by atoms with Gasteiger partial charge < -0.3 is 9.64 Å². The van der Waals surface area contributed by atoms with Crippen LogP contribution in [0, 0.1) is 12.7 Å². The van der Waals surface area contributed by atoms with Gasteiger partial charge in [0.25, 0.3) is 10.0 Å². The lowest BCUT2D eigenvalue weighted by Gasteiger charge is -2.36. The van der Waals surface area contributed by atoms with Crippen LogP contribution in [0.2, 0.25) is 0 Å². The number of aromatic nitrogens is 1. The molecular weight excluding hydrogens is 389 g/mol. The number of halogens is 1. The number of hydrogen-bond acceptors (Lipinski definition) is 6. The van der Waals surface area contributed by atoms with Gasteiger partial charge in [-0.1, -0.05) is 6.42 Å². The van der Waals surface area contributed by atoms with E-state index in [1.807, 2.05) is 14.1 Å². The number of likely N-dealkylation sites (N-methyl/N-ethyl adjacent to an activating group) is 1. The van der Waals surface area contributed by atoms with Crippen molar-refractivity contribution in [1.29, 1.82) is 0 Å². The van der Waals surface area contributed by atoms with Crippen molar-refractivity contribution in [2.24, 2.45) is 0 Å². The summed E-state index contributed by atoms with van der Waals surface area (Å²) in [5, 5.41) is 1.84. The van der Waals surface area contributed by atoms with Crippen molar-refractivity contribution in [2.75, 3.05) is 18.8 Å². The molecule has 6 nitrogen and oxygen atoms in total. The Balaban J connectivity index is 1.84. The lowest BCUT2D eigenvalue weighted by Crippen LogP contribution is -2.44. The van der Waals surface area contributed by atoms with Crippen LogP contribution in [0.4, 0.5) is 9.52 Å². The van der Waals surface area contributed by atoms with E-state index in [1.165, 1.54) is 18.3 Å². The summed E-state index contributed by atoms with van der Waals surface area (Å²) in [6.07, 6.45) is 5.59. The van der Waals surface area contributed by atoms with Gasteiger partial charge in [0.2, 0.25) is 0 Å². The first-order valence-electron chi connectivity index (χ1n) is 8.83. The largest absolute Gasteiger partial charge is 0.488 e. The topological polar surface area (TPSA) is 71.5 Å². The van der Waals surface area contributed by atoms with Crippen LogP contribution >= 0.6 is 11.3 Å². The minimum Gasteiger partial charge on any atom is -0.488 e. The van der Waals surface area contributed by atoms with Crippen LogP contribution in [0.15, 0.2) is 28.6 Å². The van der Waals surface area contributed by atoms with E-state index in [-0.39, 0.29) is 17.3 Å². The number of nitrogens with zero attached hydrogens (tertiary/aromatic N) is 2. The van der Waals surface area contributed by atoms with E-state index in [2.05, 4.69) is 14.6 Å². The van der Waals surface area contributed by atoms with Gasteiger partial charge in [-0.2, -0.15) is 0 Å². The summed E-state index contributed by atoms with van der Waals surface area (Å²) < 4.78 is 48.0. The molecule has 1 heterocycles. The molecule has 1 fully saturated rings. The zero-order valence-electron chi connectivity index (χ0n) is 15.6. The van der Waals surface area contributed by atoms with Gasteiger partial charge in [0.15, 0.2) is 5.13 Å². The van der Waals surface area contributed by atoms with Gasteiger partial charge in [0.05, 0.1) is 0 Å². The molecule has 0 saturated heterocycles. The van der Waals surface area contributed by atoms with E-state index in [0.29, 0.717) is 11.3 Å². The van der Waals surface area contributed by atoms with Crippen molar-refractivity contribution in [1.82, 2.24) is 9.88 Å². The van der Waals surface area contributed by atoms with E-state index in [9.17, 15) is 12.8 Å². The first kappa shape index (κ1) is 20.0. The number of hydrogen-bond donors (Lipinski definition) is 1. The fourth-order valence-corrected chi connectivity index (χ4v) is 5.32. The Morgan fingerprint density at radius 3 is 2.70 bits per heavy atom. The summed E-state index contributed by atoms with van der Waals surface area (Å²) >= 11 is 1.13. The monoisotopic (exact) mass is 413 g/mol. The highest BCUT2D eigenvalue weighted by molar-refractivity contribution is 7.93. The van der Waals surface area contributed by atoms with Gasteiger partial charge in [-0.25, -0.2) is 17.8 Å². The maximum atomic E-state index is 14.6. The maximum Gasteiger partial charge on any atom is 0.266 e. The lowest BCUT2D eigenvalue weighted by atomic mass is 9.91. The Kier molecular flexibility index (Phi) is 6.02. The molecule has 0 bridgehead atoms. The highest BCUT2D eigenvalue weighted by atomic mass is 32.2. The van der Waals surface area contributed by atoms with Crippen LogP contribution in [-0.2, 0) is 10.0 Å². The number of anilines is 1. The van der Waals surface area contributed by atoms with Crippen molar-refractivity contribution in [3.05, 3.63) is 35.1 Å². The fraction of sp³-hybridized carbons (Fsp3) is 0.500. The minimum atomic E-state index is -4.05. The summed E-state index contributed by atoms with van der Waals surface area (Å²) in [6, 6.07) is 2.75. The third-order valence-corrected chi connectivity index (χ3v) is 6.95. The molecule has 2 aromatic rings. The molecule has 148 valence electrons. The molecular formula is C18H24FN3O3S2. The van der Waals surface area contributed by atoms with E-state index in [0.717, 1.165) is 37.0 Å². The van der Waals surface area contributed by atoms with E-state index < -0.39 is 20.7 Å². The summed E-state index contributed by atoms with van der Waals surface area (Å²) in [4.78, 5) is 5.60. The van der Waals surface area contributed by atoms with Crippen molar-refractivity contribution >= 4 is 26.5 Å². The first-order valence-corrected chi connectivity index (χ1v) is 11.2. The molecule has 1 aliphatic rings. The molecule has 0 unspecified atom stereocenters. The van der Waals surface area contributed by atoms with Gasteiger partial charge in [-0.15, -0.1) is 11.3 Å². The Hall–Kier alpha value is -1.71. The second-order valence-corrected chi connectivity index (χ2v) is 9.51. The van der Waals surface area contributed by atoms with Crippen LogP contribution < -0.4 is 9.46 Å². The van der Waals surface area contributed by atoms with Crippen LogP contribution in [0.25, 0.3) is 0 Å². The SMILES string of the molecule is Cc1cc(S(=O)(=O)Nc2nccs2)c(F)cc1O[C@@H]1CCCC[C@H]1N(C)C. The third kappa shape index (κ3) is 4.59.